The second-order valence-corrected chi connectivity index (χ2v) is 5.31. The van der Waals surface area contributed by atoms with Gasteiger partial charge < -0.3 is 10.3 Å². The van der Waals surface area contributed by atoms with E-state index >= 15 is 0 Å². The zero-order valence-corrected chi connectivity index (χ0v) is 12.5. The van der Waals surface area contributed by atoms with Crippen LogP contribution in [0.5, 0.6) is 0 Å². The maximum absolute atomic E-state index is 11.6. The Morgan fingerprint density at radius 1 is 1.30 bits per heavy atom. The van der Waals surface area contributed by atoms with E-state index in [2.05, 4.69) is 27.2 Å². The Labute approximate surface area is 122 Å². The zero-order valence-electron chi connectivity index (χ0n) is 11.6. The molecule has 0 aromatic carbocycles. The smallest absolute Gasteiger partial charge is 0.251 e. The molecule has 0 radical (unpaired) electrons. The fraction of sp³-hybridized carbons (Fsp3) is 0.357. The zero-order chi connectivity index (χ0) is 14.4. The third kappa shape index (κ3) is 4.09. The van der Waals surface area contributed by atoms with Crippen LogP contribution in [0, 0.1) is 0 Å². The highest BCUT2D eigenvalue weighted by Gasteiger charge is 2.03. The van der Waals surface area contributed by atoms with E-state index in [4.69, 9.17) is 0 Å². The summed E-state index contributed by atoms with van der Waals surface area (Å²) in [5.41, 5.74) is 1.70. The number of pyridine rings is 1. The molecule has 2 heterocycles. The Morgan fingerprint density at radius 2 is 2.15 bits per heavy atom. The van der Waals surface area contributed by atoms with Gasteiger partial charge in [0, 0.05) is 24.6 Å². The molecule has 0 fully saturated rings. The molecule has 6 heteroatoms. The predicted molar refractivity (Wildman–Crippen MR) is 82.2 cm³/mol. The van der Waals surface area contributed by atoms with Gasteiger partial charge in [-0.05, 0) is 18.6 Å². The van der Waals surface area contributed by atoms with E-state index in [0.29, 0.717) is 10.9 Å². The van der Waals surface area contributed by atoms with Crippen LogP contribution in [0.3, 0.4) is 0 Å². The van der Waals surface area contributed by atoms with E-state index in [1.165, 1.54) is 11.8 Å². The summed E-state index contributed by atoms with van der Waals surface area (Å²) in [7, 11) is 1.84. The topological polar surface area (TPSA) is 70.7 Å². The minimum atomic E-state index is -0.0946. The molecule has 0 amide bonds. The molecule has 2 N–H and O–H groups in total. The van der Waals surface area contributed by atoms with Crippen LogP contribution >= 0.6 is 11.8 Å². The van der Waals surface area contributed by atoms with Gasteiger partial charge in [0.1, 0.15) is 5.82 Å². The van der Waals surface area contributed by atoms with Gasteiger partial charge in [0.2, 0.25) is 0 Å². The molecule has 0 bridgehead atoms. The number of hydrogen-bond acceptors (Lipinski definition) is 5. The summed E-state index contributed by atoms with van der Waals surface area (Å²) in [5, 5.41) is 3.66. The van der Waals surface area contributed by atoms with Gasteiger partial charge in [-0.1, -0.05) is 31.2 Å². The normalized spacial score (nSPS) is 10.5. The Hall–Kier alpha value is -1.82. The van der Waals surface area contributed by atoms with E-state index in [1.807, 2.05) is 25.2 Å². The lowest BCUT2D eigenvalue weighted by Crippen LogP contribution is -2.10. The fourth-order valence-electron chi connectivity index (χ4n) is 1.78. The minimum Gasteiger partial charge on any atom is -0.373 e. The number of aryl methyl sites for hydroxylation is 1. The maximum Gasteiger partial charge on any atom is 0.251 e. The van der Waals surface area contributed by atoms with Crippen molar-refractivity contribution in [3.63, 3.8) is 0 Å². The quantitative estimate of drug-likeness (QED) is 0.631. The lowest BCUT2D eigenvalue weighted by Gasteiger charge is -2.05. The van der Waals surface area contributed by atoms with Crippen molar-refractivity contribution in [2.24, 2.45) is 0 Å². The molecule has 2 aromatic heterocycles. The third-order valence-electron chi connectivity index (χ3n) is 2.70. The summed E-state index contributed by atoms with van der Waals surface area (Å²) in [4.78, 5) is 23.2. The third-order valence-corrected chi connectivity index (χ3v) is 3.61. The molecule has 20 heavy (non-hydrogen) atoms. The summed E-state index contributed by atoms with van der Waals surface area (Å²) in [5.74, 6) is 1.51. The van der Waals surface area contributed by atoms with E-state index in [-0.39, 0.29) is 5.56 Å². The van der Waals surface area contributed by atoms with Gasteiger partial charge in [-0.3, -0.25) is 4.79 Å². The second-order valence-electron chi connectivity index (χ2n) is 4.34. The fourth-order valence-corrected chi connectivity index (χ4v) is 2.58. The van der Waals surface area contributed by atoms with Gasteiger partial charge in [0.05, 0.1) is 5.69 Å². The van der Waals surface area contributed by atoms with E-state index in [1.54, 1.807) is 6.07 Å². The molecular weight excluding hydrogens is 272 g/mol. The van der Waals surface area contributed by atoms with Gasteiger partial charge >= 0.3 is 0 Å². The first-order chi connectivity index (χ1) is 9.71. The first-order valence-corrected chi connectivity index (χ1v) is 7.56. The first kappa shape index (κ1) is 14.6. The van der Waals surface area contributed by atoms with Crippen LogP contribution in [0.2, 0.25) is 0 Å². The molecule has 5 nitrogen and oxygen atoms in total. The average Bonchev–Trinajstić information content (AvgIpc) is 2.45. The molecule has 0 saturated carbocycles. The van der Waals surface area contributed by atoms with Gasteiger partial charge in [0.25, 0.3) is 5.56 Å². The van der Waals surface area contributed by atoms with Crippen molar-refractivity contribution in [3.05, 3.63) is 46.0 Å². The Bertz CT molecular complexity index is 627. The Kier molecular flexibility index (Phi) is 5.17. The van der Waals surface area contributed by atoms with Crippen molar-refractivity contribution < 1.29 is 0 Å². The van der Waals surface area contributed by atoms with Gasteiger partial charge in [0.15, 0.2) is 5.16 Å². The molecule has 2 rings (SSSR count). The maximum atomic E-state index is 11.6. The molecule has 2 aromatic rings. The SMILES string of the molecule is CCCc1cc(=O)[nH]c(SCc2cccc(NC)n2)n1. The molecule has 0 unspecified atom stereocenters. The molecular formula is C14H18N4OS. The average molecular weight is 290 g/mol. The Morgan fingerprint density at radius 3 is 2.90 bits per heavy atom. The lowest BCUT2D eigenvalue weighted by molar-refractivity contribution is 0.815. The van der Waals surface area contributed by atoms with Crippen LogP contribution in [0.25, 0.3) is 0 Å². The van der Waals surface area contributed by atoms with Crippen molar-refractivity contribution in [1.82, 2.24) is 15.0 Å². The molecule has 0 atom stereocenters. The van der Waals surface area contributed by atoms with Crippen molar-refractivity contribution in [2.75, 3.05) is 12.4 Å². The van der Waals surface area contributed by atoms with Gasteiger partial charge in [-0.25, -0.2) is 9.97 Å². The standard InChI is InChI=1S/C14H18N4OS/c1-3-5-10-8-13(19)18-14(17-10)20-9-11-6-4-7-12(15-2)16-11/h4,6-8H,3,5,9H2,1-2H3,(H,15,16)(H,17,18,19). The van der Waals surface area contributed by atoms with Crippen LogP contribution in [0.4, 0.5) is 5.82 Å². The van der Waals surface area contributed by atoms with Crippen molar-refractivity contribution in [3.8, 4) is 0 Å². The van der Waals surface area contributed by atoms with Crippen molar-refractivity contribution in [2.45, 2.75) is 30.7 Å². The molecule has 0 aliphatic carbocycles. The van der Waals surface area contributed by atoms with Crippen LogP contribution in [0.1, 0.15) is 24.7 Å². The summed E-state index contributed by atoms with van der Waals surface area (Å²) < 4.78 is 0. The van der Waals surface area contributed by atoms with E-state index in [0.717, 1.165) is 30.0 Å². The number of anilines is 1. The summed E-state index contributed by atoms with van der Waals surface area (Å²) in [6.45, 7) is 2.07. The highest BCUT2D eigenvalue weighted by atomic mass is 32.2. The van der Waals surface area contributed by atoms with Crippen molar-refractivity contribution >= 4 is 17.6 Å². The summed E-state index contributed by atoms with van der Waals surface area (Å²) in [6.07, 6.45) is 1.80. The van der Waals surface area contributed by atoms with E-state index < -0.39 is 0 Å². The number of aromatic amines is 1. The number of hydrogen-bond donors (Lipinski definition) is 2. The number of H-pyrrole nitrogens is 1. The summed E-state index contributed by atoms with van der Waals surface area (Å²) >= 11 is 1.49. The Balaban J connectivity index is 2.08. The van der Waals surface area contributed by atoms with E-state index in [9.17, 15) is 4.79 Å². The molecule has 106 valence electrons. The van der Waals surface area contributed by atoms with Crippen LogP contribution in [0.15, 0.2) is 34.2 Å². The van der Waals surface area contributed by atoms with Gasteiger partial charge in [-0.15, -0.1) is 0 Å². The first-order valence-electron chi connectivity index (χ1n) is 6.58. The number of nitrogens with one attached hydrogen (secondary N) is 2. The predicted octanol–water partition coefficient (Wildman–Crippen LogP) is 2.45. The molecule has 0 aliphatic heterocycles. The van der Waals surface area contributed by atoms with Gasteiger partial charge in [-0.2, -0.15) is 0 Å². The molecule has 0 aliphatic rings. The van der Waals surface area contributed by atoms with Crippen LogP contribution < -0.4 is 10.9 Å². The van der Waals surface area contributed by atoms with Crippen LogP contribution in [-0.2, 0) is 12.2 Å². The minimum absolute atomic E-state index is 0.0946. The van der Waals surface area contributed by atoms with Crippen molar-refractivity contribution in [1.29, 1.82) is 0 Å². The number of aromatic nitrogens is 3. The number of thioether (sulfide) groups is 1. The highest BCUT2D eigenvalue weighted by Crippen LogP contribution is 2.18. The monoisotopic (exact) mass is 290 g/mol. The number of rotatable bonds is 6. The van der Waals surface area contributed by atoms with Crippen LogP contribution in [-0.4, -0.2) is 22.0 Å². The molecule has 0 spiro atoms. The molecule has 0 saturated heterocycles. The number of nitrogens with zero attached hydrogens (tertiary/aromatic N) is 2. The highest BCUT2D eigenvalue weighted by molar-refractivity contribution is 7.98. The lowest BCUT2D eigenvalue weighted by atomic mass is 10.2. The second kappa shape index (κ2) is 7.09. The largest absolute Gasteiger partial charge is 0.373 e. The summed E-state index contributed by atoms with van der Waals surface area (Å²) in [6, 6.07) is 7.39.